The van der Waals surface area contributed by atoms with Gasteiger partial charge in [-0.05, 0) is 234 Å². The lowest BCUT2D eigenvalue weighted by atomic mass is 9.73. The fraction of sp³-hybridized carbons (Fsp3) is 0.578. The van der Waals surface area contributed by atoms with E-state index in [0.717, 1.165) is 150 Å². The Hall–Kier alpha value is -10.7. The number of hydrogen-bond acceptors (Lipinski definition) is 19. The van der Waals surface area contributed by atoms with Crippen LogP contribution in [0.25, 0.3) is 66.1 Å². The van der Waals surface area contributed by atoms with Crippen molar-refractivity contribution in [3.05, 3.63) is 125 Å². The van der Waals surface area contributed by atoms with Gasteiger partial charge in [-0.25, -0.2) is 38.7 Å². The lowest BCUT2D eigenvalue weighted by Crippen LogP contribution is -2.44. The van der Waals surface area contributed by atoms with Gasteiger partial charge in [0.05, 0.1) is 34.7 Å². The molecule has 684 valence electrons. The second-order valence-electron chi connectivity index (χ2n) is 40.0. The van der Waals surface area contributed by atoms with E-state index in [1.54, 1.807) is 55.6 Å². The number of aryl methyl sites for hydroxylation is 6. The maximum absolute atomic E-state index is 14.8. The van der Waals surface area contributed by atoms with Crippen LogP contribution >= 0.6 is 0 Å². The molecule has 0 radical (unpaired) electrons. The lowest BCUT2D eigenvalue weighted by molar-refractivity contribution is -0.139. The van der Waals surface area contributed by atoms with Crippen LogP contribution < -0.4 is 0 Å². The summed E-state index contributed by atoms with van der Waals surface area (Å²) in [6, 6.07) is 10.7. The van der Waals surface area contributed by atoms with Crippen molar-refractivity contribution in [3.8, 4) is 33.4 Å². The molecule has 5 fully saturated rings. The van der Waals surface area contributed by atoms with E-state index in [-0.39, 0.29) is 142 Å². The smallest absolute Gasteiger partial charge is 0.248 e. The molecule has 6 aromatic heterocycles. The van der Waals surface area contributed by atoms with E-state index in [1.807, 2.05) is 76.2 Å². The summed E-state index contributed by atoms with van der Waals surface area (Å²) >= 11 is 0. The van der Waals surface area contributed by atoms with Gasteiger partial charge in [-0.15, -0.1) is 0 Å². The summed E-state index contributed by atoms with van der Waals surface area (Å²) in [5.74, 6) is -1.23. The molecule has 0 unspecified atom stereocenters. The summed E-state index contributed by atoms with van der Waals surface area (Å²) in [7, 11) is 0. The van der Waals surface area contributed by atoms with E-state index in [4.69, 9.17) is 10.2 Å². The molecule has 129 heavy (non-hydrogen) atoms. The van der Waals surface area contributed by atoms with E-state index >= 15 is 0 Å². The van der Waals surface area contributed by atoms with Crippen LogP contribution in [0, 0.1) is 48.3 Å². The first-order valence-corrected chi connectivity index (χ1v) is 47.4. The van der Waals surface area contributed by atoms with Crippen molar-refractivity contribution in [2.24, 2.45) is 27.6 Å². The van der Waals surface area contributed by atoms with Crippen molar-refractivity contribution in [3.63, 3.8) is 0 Å². The SMILES string of the molecule is CCC(=O)[C@@H]1C[C@H]2CN1C(=O)Cn1nc(C(C)=O)c3cc(-c4cnc(C)nc4)cc(c31)CCCCCCC(=O)CC2(C)C.CCC(=O)[C@@H]1C[C@]23CCCC(C)(C)CCCCCc4cc(-c5cnc(C)nc5)cc5c(C(C)=O)nn(c45)CC(=O)N1[C@@H]2C3.CCC(=O)[C@@H]1C[C@]23CCCC(F)(F)CCCCCc4cc(-c5cnc(C)nc5)cc5c(C(C)=O)nn(c45)CC(=O)N1[C@@H]2C3. The third kappa shape index (κ3) is 20.0. The number of alkyl halides is 2. The minimum absolute atomic E-state index is 0.0000508. The van der Waals surface area contributed by atoms with Gasteiger partial charge in [0.15, 0.2) is 34.7 Å². The summed E-state index contributed by atoms with van der Waals surface area (Å²) in [5.41, 5.74) is 11.2. The molecule has 6 bridgehead atoms. The number of nitrogens with zero attached hydrogens (tertiary/aromatic N) is 15. The molecular formula is C102H127F2N15O10. The monoisotopic (exact) mass is 1760 g/mol. The first-order valence-electron chi connectivity index (χ1n) is 47.4. The number of amides is 3. The minimum atomic E-state index is -2.73. The van der Waals surface area contributed by atoms with Crippen molar-refractivity contribution in [1.29, 1.82) is 0 Å². The predicted octanol–water partition coefficient (Wildman–Crippen LogP) is 18.6. The van der Waals surface area contributed by atoms with Crippen LogP contribution in [-0.2, 0) is 72.5 Å². The Morgan fingerprint density at radius 2 is 0.744 bits per heavy atom. The molecule has 25 nitrogen and oxygen atoms in total. The predicted molar refractivity (Wildman–Crippen MR) is 489 cm³/mol. The lowest BCUT2D eigenvalue weighted by Gasteiger charge is -2.31. The van der Waals surface area contributed by atoms with Crippen molar-refractivity contribution < 1.29 is 56.7 Å². The summed E-state index contributed by atoms with van der Waals surface area (Å²) in [5, 5.41) is 16.3. The number of rotatable bonds is 12. The highest BCUT2D eigenvalue weighted by molar-refractivity contribution is 6.09. The normalized spacial score (nSPS) is 24.4. The maximum atomic E-state index is 14.8. The highest BCUT2D eigenvalue weighted by Crippen LogP contribution is 2.64. The first kappa shape index (κ1) is 93.0. The molecule has 8 atom stereocenters. The van der Waals surface area contributed by atoms with Crippen LogP contribution in [0.4, 0.5) is 8.78 Å². The van der Waals surface area contributed by atoms with Crippen LogP contribution in [0.1, 0.15) is 315 Å². The molecule has 0 spiro atoms. The molecule has 3 saturated heterocycles. The number of carbonyl (C=O) groups excluding carboxylic acids is 10. The van der Waals surface area contributed by atoms with Gasteiger partial charge in [-0.2, -0.15) is 15.3 Å². The zero-order chi connectivity index (χ0) is 91.9. The van der Waals surface area contributed by atoms with Gasteiger partial charge >= 0.3 is 0 Å². The second-order valence-corrected chi connectivity index (χ2v) is 40.0. The number of ketones is 7. The first-order chi connectivity index (χ1) is 61.5. The summed E-state index contributed by atoms with van der Waals surface area (Å²) < 4.78 is 34.7. The summed E-state index contributed by atoms with van der Waals surface area (Å²) in [4.78, 5) is 165. The van der Waals surface area contributed by atoms with E-state index in [2.05, 4.69) is 74.8 Å². The van der Waals surface area contributed by atoms with Crippen LogP contribution in [-0.4, -0.2) is 175 Å². The highest BCUT2D eigenvalue weighted by Gasteiger charge is 2.67. The number of hydrogen-bond donors (Lipinski definition) is 0. The van der Waals surface area contributed by atoms with Crippen molar-refractivity contribution in [2.45, 2.75) is 345 Å². The van der Waals surface area contributed by atoms with E-state index in [9.17, 15) is 56.7 Å². The molecule has 9 aromatic rings. The average Bonchev–Trinajstić information content (AvgIpc) is 1.53. The molecule has 6 aliphatic heterocycles. The molecule has 12 heterocycles. The van der Waals surface area contributed by atoms with Gasteiger partial charge in [0, 0.05) is 154 Å². The zero-order valence-corrected chi connectivity index (χ0v) is 77.7. The van der Waals surface area contributed by atoms with E-state index < -0.39 is 18.0 Å². The van der Waals surface area contributed by atoms with Crippen LogP contribution in [0.2, 0.25) is 0 Å². The molecule has 3 aromatic carbocycles. The number of Topliss-reactive ketones (excluding diaryl/α,β-unsaturated/α-hetero) is 7. The topological polar surface area (TPSA) is 311 Å². The van der Waals surface area contributed by atoms with Gasteiger partial charge in [0.2, 0.25) is 23.6 Å². The van der Waals surface area contributed by atoms with Crippen LogP contribution in [0.15, 0.2) is 73.6 Å². The van der Waals surface area contributed by atoms with Crippen molar-refractivity contribution in [1.82, 2.24) is 73.9 Å². The highest BCUT2D eigenvalue weighted by atomic mass is 19.3. The van der Waals surface area contributed by atoms with Crippen molar-refractivity contribution in [2.75, 3.05) is 6.54 Å². The Morgan fingerprint density at radius 1 is 0.403 bits per heavy atom. The number of carbonyl (C=O) groups is 10. The molecule has 0 N–H and O–H groups in total. The summed E-state index contributed by atoms with van der Waals surface area (Å²) in [6.07, 6.45) is 32.5. The maximum Gasteiger partial charge on any atom is 0.248 e. The molecule has 17 rings (SSSR count). The van der Waals surface area contributed by atoms with Crippen molar-refractivity contribution >= 4 is 90.9 Å². The van der Waals surface area contributed by atoms with Crippen LogP contribution in [0.5, 0.6) is 0 Å². The Bertz CT molecular complexity index is 5600. The number of halogens is 2. The Balaban J connectivity index is 0.000000149. The standard InChI is InChI=1S/C35H45N5O3.C34H43N5O4.C33H39F2N5O3/c1-6-29(42)28-17-35-14-10-13-34(4,5)12-9-7-8-11-24-15-25(26-19-36-23(3)37-20-26)16-27-32(22(2)41)38-39(33(24)27)21-31(43)40(28)30(35)18-35;1-6-30(42)29-15-26-19-38(29)31(43)20-39-33-23(11-9-7-8-10-12-27(41)16-34(26,4)5)13-24(25-17-35-22(3)36-18-25)14-28(33)32(37-39)21(2)40;1-4-27(42)26-15-32-10-8-12-33(34,35)11-7-5-6-9-22-13-23(24-17-36-21(3)37-18-24)14-25-30(20(2)41)38-39(31(22)25)19-29(43)40(26)28(32)16-32/h15-16,19-20,28,30H,6-14,17-18,21H2,1-5H3;13-14,17-18,26,29H,6-12,15-16,19-20H2,1-5H3;13-14,17-18,26,28H,4-12,15-16,19H2,1-3H3/t28-,30+,35-;26-,29-;26-,28+,32-/m000/s1. The summed E-state index contributed by atoms with van der Waals surface area (Å²) in [6.45, 7) is 24.8. The second kappa shape index (κ2) is 38.0. The Kier molecular flexibility index (Phi) is 27.4. The fourth-order valence-electron chi connectivity index (χ4n) is 22.2. The molecule has 8 aliphatic rings. The molecule has 27 heteroatoms. The van der Waals surface area contributed by atoms with Gasteiger partial charge in [0.25, 0.3) is 0 Å². The van der Waals surface area contributed by atoms with Gasteiger partial charge < -0.3 is 14.7 Å². The Labute approximate surface area is 754 Å². The largest absolute Gasteiger partial charge is 0.331 e. The number of aromatic nitrogens is 12. The molecular weight excluding hydrogens is 1630 g/mol. The fourth-order valence-corrected chi connectivity index (χ4v) is 22.2. The van der Waals surface area contributed by atoms with Gasteiger partial charge in [-0.1, -0.05) is 87.0 Å². The van der Waals surface area contributed by atoms with Crippen LogP contribution in [0.3, 0.4) is 0 Å². The number of benzene rings is 3. The van der Waals surface area contributed by atoms with E-state index in [0.29, 0.717) is 135 Å². The van der Waals surface area contributed by atoms with Gasteiger partial charge in [-0.3, -0.25) is 62.0 Å². The molecule has 3 amide bonds. The number of piperidine rings is 2. The van der Waals surface area contributed by atoms with Gasteiger partial charge in [0.1, 0.15) is 60.0 Å². The zero-order valence-electron chi connectivity index (χ0n) is 77.7. The number of fused-ring (bicyclic) bond motifs is 2. The average molecular weight is 1760 g/mol. The minimum Gasteiger partial charge on any atom is -0.331 e. The molecule has 2 aliphatic carbocycles. The Morgan fingerprint density at radius 3 is 1.13 bits per heavy atom. The molecule has 2 saturated carbocycles. The van der Waals surface area contributed by atoms with E-state index in [1.165, 1.54) is 40.0 Å². The third-order valence-corrected chi connectivity index (χ3v) is 29.6. The quantitative estimate of drug-likeness (QED) is 0.103. The third-order valence-electron chi connectivity index (χ3n) is 29.6.